The highest BCUT2D eigenvalue weighted by atomic mass is 32.2. The number of para-hydroxylation sites is 1. The van der Waals surface area contributed by atoms with Gasteiger partial charge in [-0.2, -0.15) is 0 Å². The van der Waals surface area contributed by atoms with E-state index in [1.807, 2.05) is 41.3 Å². The summed E-state index contributed by atoms with van der Waals surface area (Å²) in [4.78, 5) is 22.0. The van der Waals surface area contributed by atoms with E-state index in [4.69, 9.17) is 0 Å². The molecule has 1 heterocycles. The number of nitrogens with one attached hydrogen (secondary N) is 1. The van der Waals surface area contributed by atoms with Crippen LogP contribution in [0.15, 0.2) is 107 Å². The van der Waals surface area contributed by atoms with E-state index >= 15 is 0 Å². The second-order valence-electron chi connectivity index (χ2n) is 10.6. The average Bonchev–Trinajstić information content (AvgIpc) is 3.31. The predicted molar refractivity (Wildman–Crippen MR) is 175 cm³/mol. The van der Waals surface area contributed by atoms with Crippen molar-refractivity contribution in [3.8, 4) is 0 Å². The number of benzene rings is 3. The molecular formula is C35H38N4O3S. The zero-order valence-electron chi connectivity index (χ0n) is 24.7. The Morgan fingerprint density at radius 1 is 0.930 bits per heavy atom. The molecule has 1 N–H and O–H groups in total. The molecule has 0 saturated carbocycles. The van der Waals surface area contributed by atoms with Crippen LogP contribution in [0.5, 0.6) is 0 Å². The Morgan fingerprint density at radius 3 is 2.40 bits per heavy atom. The molecule has 1 aliphatic carbocycles. The van der Waals surface area contributed by atoms with Gasteiger partial charge in [0.1, 0.15) is 4.90 Å². The van der Waals surface area contributed by atoms with Gasteiger partial charge in [-0.05, 0) is 66.8 Å². The highest BCUT2D eigenvalue weighted by molar-refractivity contribution is 7.92. The van der Waals surface area contributed by atoms with E-state index in [1.165, 1.54) is 11.1 Å². The van der Waals surface area contributed by atoms with Gasteiger partial charge in [0.05, 0.1) is 5.69 Å². The number of carbonyl (C=O) groups excluding carboxylic acids is 1. The molecule has 43 heavy (non-hydrogen) atoms. The number of aliphatic imine (C=N–C) groups is 1. The Balaban J connectivity index is 1.26. The van der Waals surface area contributed by atoms with Crippen molar-refractivity contribution in [1.82, 2.24) is 9.80 Å². The highest BCUT2D eigenvalue weighted by Gasteiger charge is 2.24. The van der Waals surface area contributed by atoms with Crippen molar-refractivity contribution in [3.05, 3.63) is 119 Å². The minimum atomic E-state index is -3.96. The van der Waals surface area contributed by atoms with Crippen LogP contribution in [-0.4, -0.2) is 56.5 Å². The van der Waals surface area contributed by atoms with Crippen LogP contribution < -0.4 is 4.72 Å². The molecule has 7 nitrogen and oxygen atoms in total. The summed E-state index contributed by atoms with van der Waals surface area (Å²) in [5.74, 6) is -0.0472. The summed E-state index contributed by atoms with van der Waals surface area (Å²) in [5, 5.41) is 0. The molecule has 3 aromatic rings. The third kappa shape index (κ3) is 7.21. The number of amides is 1. The summed E-state index contributed by atoms with van der Waals surface area (Å²) in [6.07, 6.45) is 13.4. The van der Waals surface area contributed by atoms with Crippen molar-refractivity contribution in [2.75, 3.05) is 30.9 Å². The van der Waals surface area contributed by atoms with Crippen LogP contribution >= 0.6 is 0 Å². The van der Waals surface area contributed by atoms with Crippen LogP contribution in [0.4, 0.5) is 11.4 Å². The van der Waals surface area contributed by atoms with Gasteiger partial charge in [-0.3, -0.25) is 19.4 Å². The van der Waals surface area contributed by atoms with Crippen LogP contribution in [0.25, 0.3) is 5.57 Å². The summed E-state index contributed by atoms with van der Waals surface area (Å²) in [5.41, 5.74) is 5.63. The van der Waals surface area contributed by atoms with Crippen LogP contribution in [0.2, 0.25) is 0 Å². The lowest BCUT2D eigenvalue weighted by Crippen LogP contribution is -2.48. The molecule has 0 unspecified atom stereocenters. The van der Waals surface area contributed by atoms with Crippen molar-refractivity contribution in [2.24, 2.45) is 4.99 Å². The van der Waals surface area contributed by atoms with Crippen LogP contribution in [0, 0.1) is 0 Å². The standard InChI is InChI=1S/C35H38N4O3S/c1-3-27-12-9-10-15-30(27)26-38-22-24-39(25-23-38)35(40)29-18-20-31(21-19-29)37-43(41,42)33-17-11-16-32(34(33)36-4-2)28-13-7-5-6-8-14-28/h4-5,7-21,37H,3,6,22-26H2,1-2H3. The third-order valence-electron chi connectivity index (χ3n) is 7.78. The zero-order chi connectivity index (χ0) is 30.2. The molecule has 2 aliphatic rings. The van der Waals surface area contributed by atoms with E-state index in [0.29, 0.717) is 30.0 Å². The number of nitrogens with zero attached hydrogens (tertiary/aromatic N) is 3. The molecule has 0 aromatic heterocycles. The summed E-state index contributed by atoms with van der Waals surface area (Å²) in [6.45, 7) is 7.76. The van der Waals surface area contributed by atoms with Crippen molar-refractivity contribution in [1.29, 1.82) is 0 Å². The maximum absolute atomic E-state index is 13.6. The molecule has 1 amide bonds. The van der Waals surface area contributed by atoms with Gasteiger partial charge in [-0.15, -0.1) is 0 Å². The molecule has 8 heteroatoms. The number of piperazine rings is 1. The maximum Gasteiger partial charge on any atom is 0.264 e. The first-order chi connectivity index (χ1) is 20.9. The smallest absolute Gasteiger partial charge is 0.264 e. The van der Waals surface area contributed by atoms with Crippen molar-refractivity contribution in [3.63, 3.8) is 0 Å². The second kappa shape index (κ2) is 13.8. The molecule has 1 aliphatic heterocycles. The molecular weight excluding hydrogens is 556 g/mol. The number of hydrogen-bond acceptors (Lipinski definition) is 5. The van der Waals surface area contributed by atoms with Gasteiger partial charge >= 0.3 is 0 Å². The van der Waals surface area contributed by atoms with Gasteiger partial charge < -0.3 is 4.90 Å². The number of aryl methyl sites for hydroxylation is 1. The molecule has 0 spiro atoms. The van der Waals surface area contributed by atoms with Crippen LogP contribution in [-0.2, 0) is 23.0 Å². The number of carbonyl (C=O) groups is 1. The van der Waals surface area contributed by atoms with E-state index in [1.54, 1.807) is 49.5 Å². The Bertz CT molecular complexity index is 1680. The SMILES string of the molecule is CC=Nc1c(C2=CC=CCC=C2)cccc1S(=O)(=O)Nc1ccc(C(=O)N2CCN(Cc3ccccc3CC)CC2)cc1. The lowest BCUT2D eigenvalue weighted by molar-refractivity contribution is 0.0628. The first-order valence-corrected chi connectivity index (χ1v) is 16.2. The monoisotopic (exact) mass is 594 g/mol. The first kappa shape index (κ1) is 30.2. The normalized spacial score (nSPS) is 15.9. The molecule has 0 bridgehead atoms. The Morgan fingerprint density at radius 2 is 1.67 bits per heavy atom. The van der Waals surface area contributed by atoms with Gasteiger partial charge in [0.2, 0.25) is 0 Å². The fourth-order valence-corrected chi connectivity index (χ4v) is 6.70. The van der Waals surface area contributed by atoms with Gasteiger partial charge in [0.15, 0.2) is 0 Å². The summed E-state index contributed by atoms with van der Waals surface area (Å²) in [6, 6.07) is 20.3. The lowest BCUT2D eigenvalue weighted by atomic mass is 10.0. The maximum atomic E-state index is 13.6. The van der Waals surface area contributed by atoms with Crippen LogP contribution in [0.1, 0.15) is 47.3 Å². The van der Waals surface area contributed by atoms with E-state index < -0.39 is 10.0 Å². The van der Waals surface area contributed by atoms with E-state index in [9.17, 15) is 13.2 Å². The Labute approximate surface area is 255 Å². The van der Waals surface area contributed by atoms with Crippen molar-refractivity contribution in [2.45, 2.75) is 38.1 Å². The molecule has 1 saturated heterocycles. The number of hydrogen-bond donors (Lipinski definition) is 1. The van der Waals surface area contributed by atoms with Crippen LogP contribution in [0.3, 0.4) is 0 Å². The molecule has 0 radical (unpaired) electrons. The van der Waals surface area contributed by atoms with E-state index in [2.05, 4.69) is 45.8 Å². The molecule has 5 rings (SSSR count). The molecule has 1 fully saturated rings. The topological polar surface area (TPSA) is 82.1 Å². The number of allylic oxidation sites excluding steroid dienone is 6. The fraction of sp³-hybridized carbons (Fsp3) is 0.257. The Hall–Kier alpha value is -4.27. The third-order valence-corrected chi connectivity index (χ3v) is 9.19. The van der Waals surface area contributed by atoms with Crippen molar-refractivity contribution >= 4 is 39.1 Å². The van der Waals surface area contributed by atoms with Gasteiger partial charge in [0.25, 0.3) is 15.9 Å². The summed E-state index contributed by atoms with van der Waals surface area (Å²) < 4.78 is 29.8. The average molecular weight is 595 g/mol. The van der Waals surface area contributed by atoms with E-state index in [-0.39, 0.29) is 10.8 Å². The number of rotatable bonds is 9. The number of sulfonamides is 1. The Kier molecular flexibility index (Phi) is 9.69. The molecule has 222 valence electrons. The van der Waals surface area contributed by atoms with Gasteiger partial charge in [-0.25, -0.2) is 8.42 Å². The quantitative estimate of drug-likeness (QED) is 0.282. The summed E-state index contributed by atoms with van der Waals surface area (Å²) in [7, 11) is -3.96. The minimum Gasteiger partial charge on any atom is -0.336 e. The summed E-state index contributed by atoms with van der Waals surface area (Å²) >= 11 is 0. The highest BCUT2D eigenvalue weighted by Crippen LogP contribution is 2.35. The first-order valence-electron chi connectivity index (χ1n) is 14.8. The zero-order valence-corrected chi connectivity index (χ0v) is 25.6. The largest absolute Gasteiger partial charge is 0.336 e. The van der Waals surface area contributed by atoms with Crippen molar-refractivity contribution < 1.29 is 13.2 Å². The minimum absolute atomic E-state index is 0.0472. The van der Waals surface area contributed by atoms with E-state index in [0.717, 1.165) is 43.6 Å². The fourth-order valence-electron chi connectivity index (χ4n) is 5.47. The van der Waals surface area contributed by atoms with Gasteiger partial charge in [-0.1, -0.05) is 73.7 Å². The molecule has 0 atom stereocenters. The molecule has 3 aromatic carbocycles. The lowest BCUT2D eigenvalue weighted by Gasteiger charge is -2.35. The predicted octanol–water partition coefficient (Wildman–Crippen LogP) is 6.63. The number of anilines is 1. The second-order valence-corrected chi connectivity index (χ2v) is 12.3. The van der Waals surface area contributed by atoms with Gasteiger partial charge in [0, 0.05) is 55.8 Å².